The molecule has 2 unspecified atom stereocenters. The normalized spacial score (nSPS) is 22.7. The minimum Gasteiger partial charge on any atom is -0.375 e. The first-order chi connectivity index (χ1) is 13.8. The number of imidazole rings is 1. The molecule has 8 heteroatoms. The number of ether oxygens (including phenoxy) is 2. The molecule has 3 heterocycles. The van der Waals surface area contributed by atoms with Crippen LogP contribution in [0.4, 0.5) is 0 Å². The van der Waals surface area contributed by atoms with Crippen LogP contribution in [0.1, 0.15) is 25.6 Å². The second-order valence-corrected chi connectivity index (χ2v) is 7.44. The van der Waals surface area contributed by atoms with Gasteiger partial charge >= 0.3 is 0 Å². The summed E-state index contributed by atoms with van der Waals surface area (Å²) >= 11 is 0. The first-order valence-corrected chi connectivity index (χ1v) is 10.4. The summed E-state index contributed by atoms with van der Waals surface area (Å²) in [6.45, 7) is 9.84. The van der Waals surface area contributed by atoms with Crippen LogP contribution in [0.3, 0.4) is 0 Å². The Kier molecular flexibility index (Phi) is 8.14. The topological polar surface area (TPSA) is 63.9 Å². The van der Waals surface area contributed by atoms with Crippen molar-refractivity contribution in [3.8, 4) is 0 Å². The van der Waals surface area contributed by atoms with Crippen molar-refractivity contribution in [1.29, 1.82) is 0 Å². The highest BCUT2D eigenvalue weighted by Crippen LogP contribution is 2.21. The number of morpholine rings is 1. The number of rotatable bonds is 5. The summed E-state index contributed by atoms with van der Waals surface area (Å²) in [7, 11) is 0. The smallest absolute Gasteiger partial charge is 0.194 e. The number of nitrogens with zero attached hydrogens (tertiary/aromatic N) is 4. The third-order valence-corrected chi connectivity index (χ3v) is 5.54. The molecule has 0 bridgehead atoms. The van der Waals surface area contributed by atoms with E-state index in [0.29, 0.717) is 6.54 Å². The number of aryl methyl sites for hydroxylation is 1. The van der Waals surface area contributed by atoms with E-state index in [4.69, 9.17) is 14.5 Å². The second kappa shape index (κ2) is 10.6. The maximum absolute atomic E-state index is 5.99. The number of guanidine groups is 1. The van der Waals surface area contributed by atoms with Gasteiger partial charge in [0.2, 0.25) is 0 Å². The van der Waals surface area contributed by atoms with Crippen LogP contribution < -0.4 is 5.32 Å². The lowest BCUT2D eigenvalue weighted by Crippen LogP contribution is -2.53. The van der Waals surface area contributed by atoms with Crippen molar-refractivity contribution < 1.29 is 9.47 Å². The van der Waals surface area contributed by atoms with Crippen LogP contribution in [-0.4, -0.2) is 72.0 Å². The lowest BCUT2D eigenvalue weighted by molar-refractivity contribution is -0.0817. The van der Waals surface area contributed by atoms with Crippen LogP contribution in [0.25, 0.3) is 11.0 Å². The van der Waals surface area contributed by atoms with Gasteiger partial charge in [-0.15, -0.1) is 24.0 Å². The molecular formula is C21H32IN5O2. The molecule has 160 valence electrons. The molecule has 2 aromatic rings. The molecule has 2 saturated heterocycles. The minimum absolute atomic E-state index is 0. The van der Waals surface area contributed by atoms with Gasteiger partial charge < -0.3 is 24.3 Å². The Morgan fingerprint density at radius 1 is 1.24 bits per heavy atom. The SMILES string of the molecule is CCNC(=NCCn1c(C)nc2ccccc21)N1CCOC(C2CCCO2)C1.I. The lowest BCUT2D eigenvalue weighted by Gasteiger charge is -2.37. The number of hydrogen-bond acceptors (Lipinski definition) is 4. The average molecular weight is 513 g/mol. The molecular weight excluding hydrogens is 481 g/mol. The van der Waals surface area contributed by atoms with E-state index >= 15 is 0 Å². The van der Waals surface area contributed by atoms with E-state index in [0.717, 1.165) is 69.5 Å². The molecule has 0 spiro atoms. The van der Waals surface area contributed by atoms with Crippen molar-refractivity contribution in [3.63, 3.8) is 0 Å². The molecule has 4 rings (SSSR count). The fourth-order valence-electron chi connectivity index (χ4n) is 4.15. The monoisotopic (exact) mass is 513 g/mol. The van der Waals surface area contributed by atoms with Gasteiger partial charge in [-0.2, -0.15) is 0 Å². The molecule has 0 aliphatic carbocycles. The number of nitrogens with one attached hydrogen (secondary N) is 1. The quantitative estimate of drug-likeness (QED) is 0.379. The molecule has 2 fully saturated rings. The van der Waals surface area contributed by atoms with Crippen molar-refractivity contribution in [2.45, 2.75) is 45.4 Å². The fraction of sp³-hybridized carbons (Fsp3) is 0.619. The Hall–Kier alpha value is -1.39. The van der Waals surface area contributed by atoms with E-state index in [1.807, 2.05) is 6.07 Å². The molecule has 1 aromatic carbocycles. The molecule has 0 radical (unpaired) electrons. The maximum atomic E-state index is 5.99. The second-order valence-electron chi connectivity index (χ2n) is 7.44. The van der Waals surface area contributed by atoms with E-state index < -0.39 is 0 Å². The van der Waals surface area contributed by atoms with Gasteiger partial charge in [0, 0.05) is 32.8 Å². The maximum Gasteiger partial charge on any atom is 0.194 e. The summed E-state index contributed by atoms with van der Waals surface area (Å²) in [5.41, 5.74) is 2.22. The zero-order valence-corrected chi connectivity index (χ0v) is 19.7. The zero-order chi connectivity index (χ0) is 19.3. The molecule has 7 nitrogen and oxygen atoms in total. The Balaban J connectivity index is 0.00000240. The van der Waals surface area contributed by atoms with Crippen LogP contribution in [-0.2, 0) is 16.0 Å². The minimum atomic E-state index is 0. The number of para-hydroxylation sites is 2. The van der Waals surface area contributed by atoms with Crippen LogP contribution in [0.15, 0.2) is 29.3 Å². The van der Waals surface area contributed by atoms with Crippen molar-refractivity contribution >= 4 is 41.0 Å². The lowest BCUT2D eigenvalue weighted by atomic mass is 10.1. The molecule has 2 aliphatic heterocycles. The molecule has 0 amide bonds. The number of halogens is 1. The number of hydrogen-bond donors (Lipinski definition) is 1. The Morgan fingerprint density at radius 2 is 2.07 bits per heavy atom. The largest absolute Gasteiger partial charge is 0.375 e. The van der Waals surface area contributed by atoms with Gasteiger partial charge in [-0.05, 0) is 38.8 Å². The average Bonchev–Trinajstić information content (AvgIpc) is 3.36. The molecule has 1 aromatic heterocycles. The van der Waals surface area contributed by atoms with Crippen molar-refractivity contribution in [2.24, 2.45) is 4.99 Å². The highest BCUT2D eigenvalue weighted by Gasteiger charge is 2.32. The summed E-state index contributed by atoms with van der Waals surface area (Å²) in [5, 5.41) is 3.45. The van der Waals surface area contributed by atoms with Gasteiger partial charge in [0.25, 0.3) is 0 Å². The fourth-order valence-corrected chi connectivity index (χ4v) is 4.15. The highest BCUT2D eigenvalue weighted by atomic mass is 127. The summed E-state index contributed by atoms with van der Waals surface area (Å²) in [4.78, 5) is 11.9. The summed E-state index contributed by atoms with van der Waals surface area (Å²) < 4.78 is 14.1. The molecule has 1 N–H and O–H groups in total. The van der Waals surface area contributed by atoms with Gasteiger partial charge in [-0.1, -0.05) is 12.1 Å². The van der Waals surface area contributed by atoms with E-state index in [-0.39, 0.29) is 36.2 Å². The Bertz CT molecular complexity index is 819. The molecule has 2 atom stereocenters. The molecule has 0 saturated carbocycles. The Labute approximate surface area is 189 Å². The summed E-state index contributed by atoms with van der Waals surface area (Å²) in [5.74, 6) is 2.00. The summed E-state index contributed by atoms with van der Waals surface area (Å²) in [6.07, 6.45) is 2.60. The van der Waals surface area contributed by atoms with E-state index in [1.54, 1.807) is 0 Å². The number of benzene rings is 1. The first-order valence-electron chi connectivity index (χ1n) is 10.4. The standard InChI is InChI=1S/C21H31N5O2.HI/c1-3-22-21(25-12-14-28-20(15-25)19-9-6-13-27-19)23-10-11-26-16(2)24-17-7-4-5-8-18(17)26;/h4-5,7-8,19-20H,3,6,9-15H2,1-2H3,(H,22,23);1H. The summed E-state index contributed by atoms with van der Waals surface area (Å²) in [6, 6.07) is 8.28. The number of aliphatic imine (C=N–C) groups is 1. The highest BCUT2D eigenvalue weighted by molar-refractivity contribution is 14.0. The molecule has 2 aliphatic rings. The van der Waals surface area contributed by atoms with Gasteiger partial charge in [0.05, 0.1) is 30.3 Å². The van der Waals surface area contributed by atoms with Crippen molar-refractivity contribution in [1.82, 2.24) is 19.8 Å². The van der Waals surface area contributed by atoms with E-state index in [1.165, 1.54) is 5.52 Å². The van der Waals surface area contributed by atoms with Gasteiger partial charge in [0.15, 0.2) is 5.96 Å². The number of aromatic nitrogens is 2. The van der Waals surface area contributed by atoms with Crippen LogP contribution in [0, 0.1) is 6.92 Å². The predicted molar refractivity (Wildman–Crippen MR) is 126 cm³/mol. The van der Waals surface area contributed by atoms with Crippen molar-refractivity contribution in [2.75, 3.05) is 39.4 Å². The predicted octanol–water partition coefficient (Wildman–Crippen LogP) is 2.81. The van der Waals surface area contributed by atoms with Crippen LogP contribution in [0.2, 0.25) is 0 Å². The van der Waals surface area contributed by atoms with Crippen LogP contribution in [0.5, 0.6) is 0 Å². The zero-order valence-electron chi connectivity index (χ0n) is 17.3. The van der Waals surface area contributed by atoms with E-state index in [9.17, 15) is 0 Å². The van der Waals surface area contributed by atoms with Crippen LogP contribution >= 0.6 is 24.0 Å². The van der Waals surface area contributed by atoms with E-state index in [2.05, 4.69) is 51.8 Å². The van der Waals surface area contributed by atoms with Gasteiger partial charge in [-0.25, -0.2) is 4.98 Å². The van der Waals surface area contributed by atoms with Gasteiger partial charge in [-0.3, -0.25) is 4.99 Å². The molecule has 29 heavy (non-hydrogen) atoms. The third kappa shape index (κ3) is 5.21. The Morgan fingerprint density at radius 3 is 2.86 bits per heavy atom. The third-order valence-electron chi connectivity index (χ3n) is 5.54. The van der Waals surface area contributed by atoms with Gasteiger partial charge in [0.1, 0.15) is 11.9 Å². The van der Waals surface area contributed by atoms with Crippen molar-refractivity contribution in [3.05, 3.63) is 30.1 Å². The first kappa shape index (κ1) is 22.3. The number of fused-ring (bicyclic) bond motifs is 1.